The molecule has 0 radical (unpaired) electrons. The van der Waals surface area contributed by atoms with Gasteiger partial charge in [0.1, 0.15) is 5.15 Å². The summed E-state index contributed by atoms with van der Waals surface area (Å²) in [6.45, 7) is 6.70. The predicted molar refractivity (Wildman–Crippen MR) is 53.9 cm³/mol. The fraction of sp³-hybridized carbons (Fsp3) is 0.500. The molecule has 72 valence electrons. The van der Waals surface area contributed by atoms with Crippen LogP contribution in [0.5, 0.6) is 0 Å². The quantitative estimate of drug-likeness (QED) is 0.699. The molecule has 0 saturated heterocycles. The largest absolute Gasteiger partial charge is 0.371 e. The highest BCUT2D eigenvalue weighted by Gasteiger charge is 2.20. The Bertz CT molecular complexity index is 269. The van der Waals surface area contributed by atoms with E-state index in [2.05, 4.69) is 4.98 Å². The van der Waals surface area contributed by atoms with Crippen molar-refractivity contribution in [2.45, 2.75) is 26.4 Å². The Hall–Kier alpha value is -0.600. The van der Waals surface area contributed by atoms with E-state index in [0.29, 0.717) is 11.8 Å². The lowest BCUT2D eigenvalue weighted by Crippen LogP contribution is -2.21. The predicted octanol–water partition coefficient (Wildman–Crippen LogP) is 3.01. The summed E-state index contributed by atoms with van der Waals surface area (Å²) >= 11 is 5.69. The Balaban J connectivity index is 2.87. The van der Waals surface area contributed by atoms with Crippen molar-refractivity contribution in [2.75, 3.05) is 6.61 Å². The molecule has 0 spiro atoms. The molecule has 0 N–H and O–H groups in total. The number of hydrogen-bond donors (Lipinski definition) is 0. The second-order valence-corrected chi connectivity index (χ2v) is 3.70. The van der Waals surface area contributed by atoms with E-state index in [1.165, 1.54) is 0 Å². The Labute approximate surface area is 83.9 Å². The van der Waals surface area contributed by atoms with Gasteiger partial charge in [0.15, 0.2) is 0 Å². The molecule has 13 heavy (non-hydrogen) atoms. The molecule has 1 aromatic rings. The maximum absolute atomic E-state index is 5.69. The molecule has 0 aliphatic heterocycles. The van der Waals surface area contributed by atoms with Crippen LogP contribution in [0.4, 0.5) is 0 Å². The fourth-order valence-corrected chi connectivity index (χ4v) is 1.29. The van der Waals surface area contributed by atoms with Crippen molar-refractivity contribution in [3.05, 3.63) is 29.0 Å². The lowest BCUT2D eigenvalue weighted by molar-refractivity contribution is -0.0142. The van der Waals surface area contributed by atoms with Gasteiger partial charge in [-0.1, -0.05) is 17.7 Å². The lowest BCUT2D eigenvalue weighted by Gasteiger charge is -2.24. The molecule has 3 heteroatoms. The Morgan fingerprint density at radius 2 is 2.15 bits per heavy atom. The molecule has 0 fully saturated rings. The summed E-state index contributed by atoms with van der Waals surface area (Å²) in [6.07, 6.45) is 1.75. The van der Waals surface area contributed by atoms with Crippen molar-refractivity contribution in [3.8, 4) is 0 Å². The molecular weight excluding hydrogens is 186 g/mol. The molecule has 0 bridgehead atoms. The first-order chi connectivity index (χ1) is 6.06. The average Bonchev–Trinajstić information content (AvgIpc) is 2.05. The average molecular weight is 200 g/mol. The molecule has 1 rings (SSSR count). The van der Waals surface area contributed by atoms with Crippen LogP contribution in [0.1, 0.15) is 26.3 Å². The van der Waals surface area contributed by atoms with E-state index in [1.807, 2.05) is 26.8 Å². The van der Waals surface area contributed by atoms with Crippen LogP contribution in [0.15, 0.2) is 18.3 Å². The zero-order valence-electron chi connectivity index (χ0n) is 8.17. The number of pyridine rings is 1. The van der Waals surface area contributed by atoms with Crippen LogP contribution in [0, 0.1) is 0 Å². The third kappa shape index (κ3) is 2.68. The van der Waals surface area contributed by atoms with Crippen molar-refractivity contribution >= 4 is 11.6 Å². The first-order valence-corrected chi connectivity index (χ1v) is 4.70. The van der Waals surface area contributed by atoms with Crippen LogP contribution < -0.4 is 0 Å². The standard InChI is InChI=1S/C10H14ClNO/c1-4-13-10(2,3)8-5-6-9(11)12-7-8/h5-7H,4H2,1-3H3. The van der Waals surface area contributed by atoms with Gasteiger partial charge in [-0.25, -0.2) is 4.98 Å². The number of halogens is 1. The molecule has 0 saturated carbocycles. The maximum atomic E-state index is 5.69. The van der Waals surface area contributed by atoms with Crippen molar-refractivity contribution in [1.29, 1.82) is 0 Å². The minimum atomic E-state index is -0.285. The van der Waals surface area contributed by atoms with E-state index >= 15 is 0 Å². The molecule has 0 atom stereocenters. The monoisotopic (exact) mass is 199 g/mol. The second-order valence-electron chi connectivity index (χ2n) is 3.31. The summed E-state index contributed by atoms with van der Waals surface area (Å²) in [6, 6.07) is 3.71. The van der Waals surface area contributed by atoms with Gasteiger partial charge in [0.05, 0.1) is 5.60 Å². The number of nitrogens with zero attached hydrogens (tertiary/aromatic N) is 1. The third-order valence-electron chi connectivity index (χ3n) is 1.93. The van der Waals surface area contributed by atoms with Crippen LogP contribution in [-0.2, 0) is 10.3 Å². The van der Waals surface area contributed by atoms with Gasteiger partial charge < -0.3 is 4.74 Å². The summed E-state index contributed by atoms with van der Waals surface area (Å²) in [5.74, 6) is 0. The zero-order valence-corrected chi connectivity index (χ0v) is 8.93. The SMILES string of the molecule is CCOC(C)(C)c1ccc(Cl)nc1. The number of aromatic nitrogens is 1. The molecule has 1 heterocycles. The first-order valence-electron chi connectivity index (χ1n) is 4.32. The smallest absolute Gasteiger partial charge is 0.129 e. The van der Waals surface area contributed by atoms with Gasteiger partial charge in [0.2, 0.25) is 0 Å². The molecule has 0 aliphatic carbocycles. The summed E-state index contributed by atoms with van der Waals surface area (Å²) < 4.78 is 5.57. The second kappa shape index (κ2) is 4.07. The van der Waals surface area contributed by atoms with Gasteiger partial charge >= 0.3 is 0 Å². The minimum absolute atomic E-state index is 0.285. The summed E-state index contributed by atoms with van der Waals surface area (Å²) in [7, 11) is 0. The van der Waals surface area contributed by atoms with E-state index < -0.39 is 0 Å². The molecule has 0 unspecified atom stereocenters. The zero-order chi connectivity index (χ0) is 9.90. The maximum Gasteiger partial charge on any atom is 0.129 e. The molecule has 0 aliphatic rings. The highest BCUT2D eigenvalue weighted by Crippen LogP contribution is 2.24. The van der Waals surface area contributed by atoms with Gasteiger partial charge in [0, 0.05) is 18.4 Å². The topological polar surface area (TPSA) is 22.1 Å². The lowest BCUT2D eigenvalue weighted by atomic mass is 10.0. The molecular formula is C10H14ClNO. The van der Waals surface area contributed by atoms with Crippen LogP contribution in [-0.4, -0.2) is 11.6 Å². The number of rotatable bonds is 3. The van der Waals surface area contributed by atoms with Crippen molar-refractivity contribution in [1.82, 2.24) is 4.98 Å². The third-order valence-corrected chi connectivity index (χ3v) is 2.15. The molecule has 0 aromatic carbocycles. The minimum Gasteiger partial charge on any atom is -0.371 e. The van der Waals surface area contributed by atoms with Crippen LogP contribution in [0.3, 0.4) is 0 Å². The van der Waals surface area contributed by atoms with E-state index in [9.17, 15) is 0 Å². The molecule has 0 amide bonds. The van der Waals surface area contributed by atoms with Crippen LogP contribution >= 0.6 is 11.6 Å². The highest BCUT2D eigenvalue weighted by atomic mass is 35.5. The molecule has 2 nitrogen and oxygen atoms in total. The van der Waals surface area contributed by atoms with Gasteiger partial charge in [-0.2, -0.15) is 0 Å². The number of ether oxygens (including phenoxy) is 1. The van der Waals surface area contributed by atoms with E-state index in [1.54, 1.807) is 12.3 Å². The summed E-state index contributed by atoms with van der Waals surface area (Å²) in [5, 5.41) is 0.510. The van der Waals surface area contributed by atoms with E-state index in [4.69, 9.17) is 16.3 Å². The fourth-order valence-electron chi connectivity index (χ4n) is 1.18. The van der Waals surface area contributed by atoms with Gasteiger partial charge in [0.25, 0.3) is 0 Å². The molecule has 1 aromatic heterocycles. The van der Waals surface area contributed by atoms with E-state index in [-0.39, 0.29) is 5.60 Å². The van der Waals surface area contributed by atoms with Gasteiger partial charge in [-0.3, -0.25) is 0 Å². The number of hydrogen-bond acceptors (Lipinski definition) is 2. The van der Waals surface area contributed by atoms with Crippen LogP contribution in [0.25, 0.3) is 0 Å². The Morgan fingerprint density at radius 3 is 2.62 bits per heavy atom. The normalized spacial score (nSPS) is 11.7. The highest BCUT2D eigenvalue weighted by molar-refractivity contribution is 6.29. The van der Waals surface area contributed by atoms with Gasteiger partial charge in [-0.05, 0) is 26.8 Å². The van der Waals surface area contributed by atoms with E-state index in [0.717, 1.165) is 5.56 Å². The Morgan fingerprint density at radius 1 is 1.46 bits per heavy atom. The van der Waals surface area contributed by atoms with Crippen LogP contribution in [0.2, 0.25) is 5.15 Å². The summed E-state index contributed by atoms with van der Waals surface area (Å²) in [4.78, 5) is 4.01. The van der Waals surface area contributed by atoms with Gasteiger partial charge in [-0.15, -0.1) is 0 Å². The van der Waals surface area contributed by atoms with Crippen molar-refractivity contribution < 1.29 is 4.74 Å². The first kappa shape index (κ1) is 10.5. The van der Waals surface area contributed by atoms with Crippen molar-refractivity contribution in [2.24, 2.45) is 0 Å². The van der Waals surface area contributed by atoms with Crippen molar-refractivity contribution in [3.63, 3.8) is 0 Å². The Kier molecular flexibility index (Phi) is 3.28. The summed E-state index contributed by atoms with van der Waals surface area (Å²) in [5.41, 5.74) is 0.755.